The van der Waals surface area contributed by atoms with E-state index >= 15 is 0 Å². The van der Waals surface area contributed by atoms with E-state index in [1.54, 1.807) is 30.3 Å². The number of carboxylic acid groups (broad SMARTS) is 1. The number of nitrogens with zero attached hydrogens (tertiary/aromatic N) is 4. The van der Waals surface area contributed by atoms with Gasteiger partial charge in [0.05, 0.1) is 17.3 Å². The SMILES string of the molecule is CC(C)(C)C1CN(C(=O)NCCNC(=O)c2cn(-c3ccccc3)nc2C(F)(F)F)CCN1C(=O)O. The molecule has 3 rings (SSSR count). The minimum absolute atomic E-state index is 0.0297. The first-order valence-corrected chi connectivity index (χ1v) is 11.3. The molecule has 1 aromatic heterocycles. The van der Waals surface area contributed by atoms with E-state index in [4.69, 9.17) is 0 Å². The van der Waals surface area contributed by atoms with Crippen LogP contribution in [-0.2, 0) is 6.18 Å². The molecule has 0 bridgehead atoms. The number of benzene rings is 1. The van der Waals surface area contributed by atoms with Gasteiger partial charge in [0.25, 0.3) is 5.91 Å². The second kappa shape index (κ2) is 10.5. The highest BCUT2D eigenvalue weighted by Gasteiger charge is 2.40. The number of alkyl halides is 3. The van der Waals surface area contributed by atoms with Crippen molar-refractivity contribution in [3.8, 4) is 5.69 Å². The molecule has 1 atom stereocenters. The Morgan fingerprint density at radius 2 is 1.69 bits per heavy atom. The number of halogens is 3. The summed E-state index contributed by atoms with van der Waals surface area (Å²) in [6.07, 6.45) is -4.87. The Morgan fingerprint density at radius 1 is 1.06 bits per heavy atom. The van der Waals surface area contributed by atoms with Gasteiger partial charge in [-0.25, -0.2) is 14.3 Å². The Labute approximate surface area is 206 Å². The van der Waals surface area contributed by atoms with Crippen molar-refractivity contribution in [3.63, 3.8) is 0 Å². The predicted octanol–water partition coefficient (Wildman–Crippen LogP) is 3.04. The van der Waals surface area contributed by atoms with Crippen molar-refractivity contribution < 1.29 is 32.7 Å². The lowest BCUT2D eigenvalue weighted by Gasteiger charge is -2.45. The quantitative estimate of drug-likeness (QED) is 0.534. The van der Waals surface area contributed by atoms with Gasteiger partial charge in [-0.1, -0.05) is 39.0 Å². The minimum atomic E-state index is -4.83. The first-order chi connectivity index (χ1) is 16.8. The summed E-state index contributed by atoms with van der Waals surface area (Å²) in [4.78, 5) is 39.4. The number of amides is 4. The summed E-state index contributed by atoms with van der Waals surface area (Å²) in [6.45, 7) is 6.08. The van der Waals surface area contributed by atoms with Crippen molar-refractivity contribution in [1.29, 1.82) is 0 Å². The lowest BCUT2D eigenvalue weighted by molar-refractivity contribution is -0.141. The molecule has 1 fully saturated rings. The molecule has 36 heavy (non-hydrogen) atoms. The summed E-state index contributed by atoms with van der Waals surface area (Å²) in [5, 5.41) is 18.0. The van der Waals surface area contributed by atoms with Crippen LogP contribution in [0.4, 0.5) is 22.8 Å². The molecule has 196 valence electrons. The van der Waals surface area contributed by atoms with Gasteiger partial charge in [0, 0.05) is 38.9 Å². The Bertz CT molecular complexity index is 1100. The number of carbonyl (C=O) groups is 3. The number of urea groups is 1. The van der Waals surface area contributed by atoms with E-state index in [9.17, 15) is 32.7 Å². The molecule has 1 saturated heterocycles. The van der Waals surface area contributed by atoms with Crippen molar-refractivity contribution in [2.45, 2.75) is 33.0 Å². The number of nitrogens with one attached hydrogen (secondary N) is 2. The molecule has 1 unspecified atom stereocenters. The van der Waals surface area contributed by atoms with Gasteiger partial charge >= 0.3 is 18.3 Å². The molecule has 1 aliphatic rings. The van der Waals surface area contributed by atoms with Gasteiger partial charge in [0.2, 0.25) is 0 Å². The van der Waals surface area contributed by atoms with Gasteiger partial charge in [0.15, 0.2) is 5.69 Å². The second-order valence-electron chi connectivity index (χ2n) is 9.46. The van der Waals surface area contributed by atoms with Crippen LogP contribution in [0, 0.1) is 5.41 Å². The van der Waals surface area contributed by atoms with Crippen LogP contribution in [-0.4, -0.2) is 81.5 Å². The van der Waals surface area contributed by atoms with E-state index in [1.807, 2.05) is 20.8 Å². The van der Waals surface area contributed by atoms with E-state index in [2.05, 4.69) is 15.7 Å². The van der Waals surface area contributed by atoms with Crippen LogP contribution >= 0.6 is 0 Å². The van der Waals surface area contributed by atoms with Crippen LogP contribution in [0.5, 0.6) is 0 Å². The summed E-state index contributed by atoms with van der Waals surface area (Å²) in [5.41, 5.74) is -1.97. The molecular weight excluding hydrogens is 481 g/mol. The van der Waals surface area contributed by atoms with Crippen molar-refractivity contribution >= 4 is 18.0 Å². The highest BCUT2D eigenvalue weighted by molar-refractivity contribution is 5.95. The smallest absolute Gasteiger partial charge is 0.435 e. The predicted molar refractivity (Wildman–Crippen MR) is 124 cm³/mol. The number of para-hydroxylation sites is 1. The van der Waals surface area contributed by atoms with E-state index < -0.39 is 46.9 Å². The highest BCUT2D eigenvalue weighted by Crippen LogP contribution is 2.31. The van der Waals surface area contributed by atoms with Crippen LogP contribution in [0.25, 0.3) is 5.69 Å². The normalized spacial score (nSPS) is 16.6. The second-order valence-corrected chi connectivity index (χ2v) is 9.46. The van der Waals surface area contributed by atoms with Crippen LogP contribution in [0.3, 0.4) is 0 Å². The van der Waals surface area contributed by atoms with Gasteiger partial charge in [-0.05, 0) is 17.5 Å². The number of hydrogen-bond donors (Lipinski definition) is 3. The summed E-state index contributed by atoms with van der Waals surface area (Å²) in [5.74, 6) is -0.971. The fourth-order valence-corrected chi connectivity index (χ4v) is 3.95. The molecule has 1 aliphatic heterocycles. The minimum Gasteiger partial charge on any atom is -0.465 e. The maximum absolute atomic E-state index is 13.5. The molecule has 10 nitrogen and oxygen atoms in total. The van der Waals surface area contributed by atoms with Crippen LogP contribution in [0.1, 0.15) is 36.8 Å². The molecule has 0 spiro atoms. The number of hydrogen-bond acceptors (Lipinski definition) is 4. The van der Waals surface area contributed by atoms with Crippen molar-refractivity contribution in [2.75, 3.05) is 32.7 Å². The average molecular weight is 511 g/mol. The number of rotatable bonds is 5. The van der Waals surface area contributed by atoms with Crippen molar-refractivity contribution in [3.05, 3.63) is 47.8 Å². The Balaban J connectivity index is 1.58. The molecule has 0 radical (unpaired) electrons. The third-order valence-corrected chi connectivity index (χ3v) is 5.85. The van der Waals surface area contributed by atoms with Crippen molar-refractivity contribution in [1.82, 2.24) is 30.2 Å². The molecule has 0 aliphatic carbocycles. The molecule has 2 aromatic rings. The van der Waals surface area contributed by atoms with E-state index in [0.717, 1.165) is 10.9 Å². The van der Waals surface area contributed by atoms with Crippen molar-refractivity contribution in [2.24, 2.45) is 5.41 Å². The van der Waals surface area contributed by atoms with Gasteiger partial charge in [-0.3, -0.25) is 4.79 Å². The average Bonchev–Trinajstić information content (AvgIpc) is 3.27. The zero-order valence-electron chi connectivity index (χ0n) is 20.2. The molecule has 13 heteroatoms. The molecule has 1 aromatic carbocycles. The number of aromatic nitrogens is 2. The zero-order chi connectivity index (χ0) is 26.7. The van der Waals surface area contributed by atoms with Crippen LogP contribution < -0.4 is 10.6 Å². The number of carbonyl (C=O) groups excluding carboxylic acids is 2. The first kappa shape index (κ1) is 26.8. The maximum atomic E-state index is 13.5. The Kier molecular flexibility index (Phi) is 7.80. The molecular formula is C23H29F3N6O4. The molecule has 4 amide bonds. The van der Waals surface area contributed by atoms with Gasteiger partial charge in [0.1, 0.15) is 0 Å². The molecule has 3 N–H and O–H groups in total. The lowest BCUT2D eigenvalue weighted by atomic mass is 9.84. The van der Waals surface area contributed by atoms with E-state index in [-0.39, 0.29) is 32.7 Å². The van der Waals surface area contributed by atoms with Gasteiger partial charge in [-0.15, -0.1) is 0 Å². The number of piperazine rings is 1. The van der Waals surface area contributed by atoms with E-state index in [1.165, 1.54) is 9.80 Å². The monoisotopic (exact) mass is 510 g/mol. The Morgan fingerprint density at radius 3 is 2.28 bits per heavy atom. The Hall–Kier alpha value is -3.77. The standard InChI is InChI=1S/C23H29F3N6O4/c1-22(2,3)17-14-30(11-12-31(17)21(35)36)20(34)28-10-9-27-19(33)16-13-32(15-7-5-4-6-8-15)29-18(16)23(24,25)26/h4-8,13,17H,9-12,14H2,1-3H3,(H,27,33)(H,28,34)(H,35,36). The van der Waals surface area contributed by atoms with Crippen LogP contribution in [0.15, 0.2) is 36.5 Å². The molecule has 2 heterocycles. The fourth-order valence-electron chi connectivity index (χ4n) is 3.95. The zero-order valence-corrected chi connectivity index (χ0v) is 20.2. The molecule has 0 saturated carbocycles. The van der Waals surface area contributed by atoms with Crippen LogP contribution in [0.2, 0.25) is 0 Å². The van der Waals surface area contributed by atoms with E-state index in [0.29, 0.717) is 5.69 Å². The first-order valence-electron chi connectivity index (χ1n) is 11.3. The largest absolute Gasteiger partial charge is 0.465 e. The third-order valence-electron chi connectivity index (χ3n) is 5.85. The maximum Gasteiger partial charge on any atom is 0.435 e. The third kappa shape index (κ3) is 6.26. The highest BCUT2D eigenvalue weighted by atomic mass is 19.4. The summed E-state index contributed by atoms with van der Waals surface area (Å²) >= 11 is 0. The summed E-state index contributed by atoms with van der Waals surface area (Å²) in [7, 11) is 0. The lowest BCUT2D eigenvalue weighted by Crippen LogP contribution is -2.61. The topological polar surface area (TPSA) is 120 Å². The fraction of sp³-hybridized carbons (Fsp3) is 0.478. The summed E-state index contributed by atoms with van der Waals surface area (Å²) < 4.78 is 41.4. The van der Waals surface area contributed by atoms with Gasteiger partial charge < -0.3 is 25.5 Å². The van der Waals surface area contributed by atoms with Gasteiger partial charge in [-0.2, -0.15) is 18.3 Å². The summed E-state index contributed by atoms with van der Waals surface area (Å²) in [6, 6.07) is 7.24.